The predicted octanol–water partition coefficient (Wildman–Crippen LogP) is 2.88. The SMILES string of the molecule is CCCC(COC)NCC1CCC2(CCCC2)O1. The van der Waals surface area contributed by atoms with Crippen LogP contribution in [0.2, 0.25) is 0 Å². The van der Waals surface area contributed by atoms with Crippen molar-refractivity contribution in [3.8, 4) is 0 Å². The van der Waals surface area contributed by atoms with E-state index in [1.165, 1.54) is 51.4 Å². The molecule has 2 unspecified atom stereocenters. The number of methoxy groups -OCH3 is 1. The number of rotatable bonds is 7. The van der Waals surface area contributed by atoms with Gasteiger partial charge in [0.2, 0.25) is 0 Å². The van der Waals surface area contributed by atoms with Gasteiger partial charge in [0, 0.05) is 19.7 Å². The lowest BCUT2D eigenvalue weighted by Gasteiger charge is -2.25. The lowest BCUT2D eigenvalue weighted by molar-refractivity contribution is -0.0366. The van der Waals surface area contributed by atoms with E-state index in [1.54, 1.807) is 7.11 Å². The van der Waals surface area contributed by atoms with Crippen molar-refractivity contribution < 1.29 is 9.47 Å². The van der Waals surface area contributed by atoms with Crippen LogP contribution in [0.4, 0.5) is 0 Å². The van der Waals surface area contributed by atoms with Crippen LogP contribution in [0.1, 0.15) is 58.3 Å². The van der Waals surface area contributed by atoms with Gasteiger partial charge in [0.15, 0.2) is 0 Å². The van der Waals surface area contributed by atoms with E-state index in [0.29, 0.717) is 12.1 Å². The van der Waals surface area contributed by atoms with Crippen LogP contribution in [-0.2, 0) is 9.47 Å². The highest BCUT2D eigenvalue weighted by atomic mass is 16.5. The Kier molecular flexibility index (Phi) is 5.46. The van der Waals surface area contributed by atoms with Gasteiger partial charge in [-0.25, -0.2) is 0 Å². The molecular formula is C15H29NO2. The molecule has 2 fully saturated rings. The van der Waals surface area contributed by atoms with Crippen LogP contribution in [0.3, 0.4) is 0 Å². The van der Waals surface area contributed by atoms with Crippen LogP contribution in [0, 0.1) is 0 Å². The average Bonchev–Trinajstić information content (AvgIpc) is 2.98. The summed E-state index contributed by atoms with van der Waals surface area (Å²) in [4.78, 5) is 0. The molecule has 1 spiro atoms. The number of hydrogen-bond donors (Lipinski definition) is 1. The molecule has 18 heavy (non-hydrogen) atoms. The van der Waals surface area contributed by atoms with Crippen LogP contribution in [0.25, 0.3) is 0 Å². The van der Waals surface area contributed by atoms with Gasteiger partial charge in [-0.3, -0.25) is 0 Å². The molecular weight excluding hydrogens is 226 g/mol. The van der Waals surface area contributed by atoms with Crippen LogP contribution < -0.4 is 5.32 Å². The van der Waals surface area contributed by atoms with E-state index < -0.39 is 0 Å². The van der Waals surface area contributed by atoms with Crippen molar-refractivity contribution in [1.29, 1.82) is 0 Å². The third-order valence-electron chi connectivity index (χ3n) is 4.49. The Balaban J connectivity index is 1.70. The van der Waals surface area contributed by atoms with Gasteiger partial charge in [-0.1, -0.05) is 26.2 Å². The first kappa shape index (κ1) is 14.3. The molecule has 1 saturated heterocycles. The molecule has 0 aromatic carbocycles. The summed E-state index contributed by atoms with van der Waals surface area (Å²) in [6, 6.07) is 0.490. The van der Waals surface area contributed by atoms with Crippen molar-refractivity contribution in [2.24, 2.45) is 0 Å². The number of hydrogen-bond acceptors (Lipinski definition) is 3. The van der Waals surface area contributed by atoms with Gasteiger partial charge < -0.3 is 14.8 Å². The van der Waals surface area contributed by atoms with Crippen molar-refractivity contribution in [3.05, 3.63) is 0 Å². The number of nitrogens with one attached hydrogen (secondary N) is 1. The molecule has 1 saturated carbocycles. The van der Waals surface area contributed by atoms with Crippen molar-refractivity contribution in [3.63, 3.8) is 0 Å². The summed E-state index contributed by atoms with van der Waals surface area (Å²) in [5, 5.41) is 3.62. The first-order valence-corrected chi connectivity index (χ1v) is 7.68. The minimum Gasteiger partial charge on any atom is -0.383 e. The van der Waals surface area contributed by atoms with Gasteiger partial charge in [0.05, 0.1) is 18.3 Å². The van der Waals surface area contributed by atoms with E-state index in [1.807, 2.05) is 0 Å². The summed E-state index contributed by atoms with van der Waals surface area (Å²) in [5.41, 5.74) is 0.272. The normalized spacial score (nSPS) is 28.0. The van der Waals surface area contributed by atoms with E-state index in [2.05, 4.69) is 12.2 Å². The van der Waals surface area contributed by atoms with Crippen molar-refractivity contribution in [2.45, 2.75) is 76.0 Å². The summed E-state index contributed by atoms with van der Waals surface area (Å²) < 4.78 is 11.6. The Hall–Kier alpha value is -0.120. The van der Waals surface area contributed by atoms with Gasteiger partial charge in [-0.15, -0.1) is 0 Å². The molecule has 2 atom stereocenters. The molecule has 106 valence electrons. The molecule has 0 aromatic heterocycles. The predicted molar refractivity (Wildman–Crippen MR) is 73.9 cm³/mol. The van der Waals surface area contributed by atoms with Gasteiger partial charge in [-0.2, -0.15) is 0 Å². The smallest absolute Gasteiger partial charge is 0.0708 e. The Morgan fingerprint density at radius 1 is 1.33 bits per heavy atom. The summed E-state index contributed by atoms with van der Waals surface area (Å²) in [6.45, 7) is 4.03. The summed E-state index contributed by atoms with van der Waals surface area (Å²) in [5.74, 6) is 0. The summed E-state index contributed by atoms with van der Waals surface area (Å²) in [7, 11) is 1.78. The molecule has 0 bridgehead atoms. The Morgan fingerprint density at radius 2 is 2.11 bits per heavy atom. The maximum absolute atomic E-state index is 6.31. The maximum atomic E-state index is 6.31. The van der Waals surface area contributed by atoms with Crippen LogP contribution in [0.5, 0.6) is 0 Å². The zero-order valence-corrected chi connectivity index (χ0v) is 12.0. The third-order valence-corrected chi connectivity index (χ3v) is 4.49. The van der Waals surface area contributed by atoms with Crippen molar-refractivity contribution in [2.75, 3.05) is 20.3 Å². The molecule has 1 heterocycles. The number of ether oxygens (including phenoxy) is 2. The molecule has 2 rings (SSSR count). The highest BCUT2D eigenvalue weighted by Gasteiger charge is 2.41. The van der Waals surface area contributed by atoms with Gasteiger partial charge in [0.1, 0.15) is 0 Å². The molecule has 0 amide bonds. The van der Waals surface area contributed by atoms with Gasteiger partial charge in [-0.05, 0) is 32.1 Å². The minimum atomic E-state index is 0.272. The highest BCUT2D eigenvalue weighted by Crippen LogP contribution is 2.43. The van der Waals surface area contributed by atoms with E-state index in [0.717, 1.165) is 13.2 Å². The molecule has 3 nitrogen and oxygen atoms in total. The highest BCUT2D eigenvalue weighted by molar-refractivity contribution is 4.93. The maximum Gasteiger partial charge on any atom is 0.0708 e. The summed E-state index contributed by atoms with van der Waals surface area (Å²) in [6.07, 6.45) is 10.6. The van der Waals surface area contributed by atoms with E-state index in [4.69, 9.17) is 9.47 Å². The van der Waals surface area contributed by atoms with Crippen LogP contribution in [0.15, 0.2) is 0 Å². The lowest BCUT2D eigenvalue weighted by Crippen LogP contribution is -2.39. The zero-order chi connectivity index (χ0) is 12.8. The largest absolute Gasteiger partial charge is 0.383 e. The monoisotopic (exact) mass is 255 g/mol. The first-order chi connectivity index (χ1) is 8.78. The zero-order valence-electron chi connectivity index (χ0n) is 12.0. The molecule has 1 aliphatic carbocycles. The Morgan fingerprint density at radius 3 is 2.78 bits per heavy atom. The van der Waals surface area contributed by atoms with Crippen LogP contribution >= 0.6 is 0 Å². The third kappa shape index (κ3) is 3.69. The molecule has 1 N–H and O–H groups in total. The minimum absolute atomic E-state index is 0.272. The van der Waals surface area contributed by atoms with E-state index >= 15 is 0 Å². The second-order valence-electron chi connectivity index (χ2n) is 6.02. The van der Waals surface area contributed by atoms with Gasteiger partial charge >= 0.3 is 0 Å². The molecule has 2 aliphatic rings. The molecule has 1 aliphatic heterocycles. The quantitative estimate of drug-likeness (QED) is 0.759. The molecule has 0 radical (unpaired) electrons. The fourth-order valence-corrected chi connectivity index (χ4v) is 3.52. The first-order valence-electron chi connectivity index (χ1n) is 7.68. The molecule has 3 heteroatoms. The summed E-state index contributed by atoms with van der Waals surface area (Å²) >= 11 is 0. The Labute approximate surface area is 112 Å². The standard InChI is InChI=1S/C15H29NO2/c1-3-6-13(12-17-2)16-11-14-7-10-15(18-14)8-4-5-9-15/h13-14,16H,3-12H2,1-2H3. The van der Waals surface area contributed by atoms with E-state index in [9.17, 15) is 0 Å². The Bertz CT molecular complexity index is 233. The molecule has 0 aromatic rings. The average molecular weight is 255 g/mol. The van der Waals surface area contributed by atoms with Crippen LogP contribution in [-0.4, -0.2) is 38.0 Å². The lowest BCUT2D eigenvalue weighted by atomic mass is 9.98. The topological polar surface area (TPSA) is 30.5 Å². The fraction of sp³-hybridized carbons (Fsp3) is 1.00. The second kappa shape index (κ2) is 6.88. The van der Waals surface area contributed by atoms with E-state index in [-0.39, 0.29) is 5.60 Å². The van der Waals surface area contributed by atoms with Gasteiger partial charge in [0.25, 0.3) is 0 Å². The fourth-order valence-electron chi connectivity index (χ4n) is 3.52. The van der Waals surface area contributed by atoms with Crippen molar-refractivity contribution >= 4 is 0 Å². The second-order valence-corrected chi connectivity index (χ2v) is 6.02. The van der Waals surface area contributed by atoms with Crippen molar-refractivity contribution in [1.82, 2.24) is 5.32 Å².